The Kier molecular flexibility index (Phi) is 3.47. The predicted molar refractivity (Wildman–Crippen MR) is 87.3 cm³/mol. The molecule has 2 unspecified atom stereocenters. The maximum Gasteiger partial charge on any atom is 0.165 e. The summed E-state index contributed by atoms with van der Waals surface area (Å²) in [6.07, 6.45) is 4.43. The summed E-state index contributed by atoms with van der Waals surface area (Å²) in [5, 5.41) is 0. The molecule has 1 saturated heterocycles. The van der Waals surface area contributed by atoms with Gasteiger partial charge in [-0.3, -0.25) is 0 Å². The molecule has 0 amide bonds. The highest BCUT2D eigenvalue weighted by molar-refractivity contribution is 5.52. The Morgan fingerprint density at radius 2 is 2.04 bits per heavy atom. The Morgan fingerprint density at radius 3 is 2.83 bits per heavy atom. The molecule has 0 spiro atoms. The summed E-state index contributed by atoms with van der Waals surface area (Å²) in [5.74, 6) is 0.180. The number of hydrogen-bond acceptors (Lipinski definition) is 3. The zero-order chi connectivity index (χ0) is 16.2. The number of likely N-dealkylation sites (N-methyl/N-ethyl adjacent to an activating group) is 1. The van der Waals surface area contributed by atoms with Gasteiger partial charge in [0.1, 0.15) is 12.2 Å². The summed E-state index contributed by atoms with van der Waals surface area (Å²) in [5.41, 5.74) is 1.61. The summed E-state index contributed by atoms with van der Waals surface area (Å²) >= 11 is 0. The summed E-state index contributed by atoms with van der Waals surface area (Å²) in [4.78, 5) is 2.42. The third kappa shape index (κ3) is 2.01. The van der Waals surface area contributed by atoms with Gasteiger partial charge in [0.15, 0.2) is 11.6 Å². The Morgan fingerprint density at radius 1 is 1.22 bits per heavy atom. The molecule has 0 N–H and O–H groups in total. The van der Waals surface area contributed by atoms with Gasteiger partial charge in [-0.2, -0.15) is 0 Å². The van der Waals surface area contributed by atoms with E-state index in [1.165, 1.54) is 18.4 Å². The van der Waals surface area contributed by atoms with Crippen molar-refractivity contribution >= 4 is 0 Å². The summed E-state index contributed by atoms with van der Waals surface area (Å²) in [6, 6.07) is 3.75. The molecule has 126 valence electrons. The fourth-order valence-electron chi connectivity index (χ4n) is 5.16. The minimum atomic E-state index is -0.481. The van der Waals surface area contributed by atoms with Crippen LogP contribution in [0.1, 0.15) is 44.2 Å². The second-order valence-corrected chi connectivity index (χ2v) is 7.90. The second kappa shape index (κ2) is 5.18. The van der Waals surface area contributed by atoms with Gasteiger partial charge in [-0.05, 0) is 44.5 Å². The monoisotopic (exact) mass is 319 g/mol. The molecule has 1 aliphatic carbocycles. The third-order valence-electron chi connectivity index (χ3n) is 6.10. The van der Waals surface area contributed by atoms with Crippen LogP contribution in [0.2, 0.25) is 0 Å². The van der Waals surface area contributed by atoms with Crippen molar-refractivity contribution < 1.29 is 13.9 Å². The molecule has 4 heteroatoms. The summed E-state index contributed by atoms with van der Waals surface area (Å²) in [7, 11) is 2.18. The maximum atomic E-state index is 14.5. The van der Waals surface area contributed by atoms with Crippen LogP contribution < -0.4 is 4.74 Å². The van der Waals surface area contributed by atoms with Gasteiger partial charge in [-0.25, -0.2) is 4.39 Å². The Hall–Kier alpha value is -1.13. The van der Waals surface area contributed by atoms with Gasteiger partial charge in [-0.1, -0.05) is 26.3 Å². The van der Waals surface area contributed by atoms with Crippen LogP contribution in [0, 0.1) is 11.2 Å². The van der Waals surface area contributed by atoms with E-state index in [4.69, 9.17) is 9.47 Å². The number of hydrogen-bond donors (Lipinski definition) is 0. The topological polar surface area (TPSA) is 21.7 Å². The highest BCUT2D eigenvalue weighted by atomic mass is 19.1. The van der Waals surface area contributed by atoms with Crippen LogP contribution in [0.25, 0.3) is 0 Å². The molecule has 1 aromatic carbocycles. The largest absolute Gasteiger partial charge is 0.488 e. The van der Waals surface area contributed by atoms with E-state index in [0.29, 0.717) is 19.0 Å². The van der Waals surface area contributed by atoms with Crippen LogP contribution in [0.3, 0.4) is 0 Å². The lowest BCUT2D eigenvalue weighted by atomic mass is 9.68. The number of piperidine rings is 1. The van der Waals surface area contributed by atoms with Crippen molar-refractivity contribution in [2.45, 2.75) is 51.2 Å². The van der Waals surface area contributed by atoms with Gasteiger partial charge in [0.2, 0.25) is 0 Å². The fourth-order valence-corrected chi connectivity index (χ4v) is 5.16. The molecule has 1 aromatic rings. The zero-order valence-corrected chi connectivity index (χ0v) is 14.3. The summed E-state index contributed by atoms with van der Waals surface area (Å²) in [6.45, 7) is 6.54. The van der Waals surface area contributed by atoms with E-state index < -0.39 is 5.60 Å². The first-order valence-corrected chi connectivity index (χ1v) is 8.76. The van der Waals surface area contributed by atoms with Crippen molar-refractivity contribution in [2.24, 2.45) is 5.41 Å². The number of likely N-dealkylation sites (tertiary alicyclic amines) is 1. The van der Waals surface area contributed by atoms with E-state index in [0.717, 1.165) is 24.9 Å². The van der Waals surface area contributed by atoms with Crippen LogP contribution in [0.5, 0.6) is 5.75 Å². The highest BCUT2D eigenvalue weighted by Crippen LogP contribution is 2.60. The first-order valence-electron chi connectivity index (χ1n) is 8.76. The number of benzene rings is 1. The SMILES string of the molecule is CN1CCCCC1C12OCCOc3c(F)ccc(c31)CC2(C)C. The molecule has 1 fully saturated rings. The Labute approximate surface area is 137 Å². The molecule has 2 atom stereocenters. The normalized spacial score (nSPS) is 33.0. The summed E-state index contributed by atoms with van der Waals surface area (Å²) < 4.78 is 26.9. The van der Waals surface area contributed by atoms with Crippen LogP contribution in [-0.4, -0.2) is 37.7 Å². The lowest BCUT2D eigenvalue weighted by molar-refractivity contribution is -0.169. The van der Waals surface area contributed by atoms with Crippen LogP contribution in [-0.2, 0) is 16.8 Å². The lowest BCUT2D eigenvalue weighted by Gasteiger charge is -2.51. The van der Waals surface area contributed by atoms with Gasteiger partial charge in [-0.15, -0.1) is 0 Å². The Balaban J connectivity index is 1.97. The van der Waals surface area contributed by atoms with E-state index in [2.05, 4.69) is 25.8 Å². The van der Waals surface area contributed by atoms with Crippen LogP contribution in [0.15, 0.2) is 12.1 Å². The molecular weight excluding hydrogens is 293 g/mol. The molecule has 23 heavy (non-hydrogen) atoms. The lowest BCUT2D eigenvalue weighted by Crippen LogP contribution is -2.58. The molecule has 0 bridgehead atoms. The molecule has 3 aliphatic rings. The molecule has 4 rings (SSSR count). The maximum absolute atomic E-state index is 14.5. The van der Waals surface area contributed by atoms with Crippen molar-refractivity contribution in [2.75, 3.05) is 26.8 Å². The van der Waals surface area contributed by atoms with Gasteiger partial charge in [0, 0.05) is 17.0 Å². The zero-order valence-electron chi connectivity index (χ0n) is 14.3. The van der Waals surface area contributed by atoms with Crippen molar-refractivity contribution in [3.63, 3.8) is 0 Å². The van der Waals surface area contributed by atoms with E-state index >= 15 is 0 Å². The molecule has 3 nitrogen and oxygen atoms in total. The van der Waals surface area contributed by atoms with Gasteiger partial charge < -0.3 is 14.4 Å². The van der Waals surface area contributed by atoms with Crippen LogP contribution >= 0.6 is 0 Å². The number of ether oxygens (including phenoxy) is 2. The number of halogens is 1. The second-order valence-electron chi connectivity index (χ2n) is 7.90. The van der Waals surface area contributed by atoms with Crippen LogP contribution in [0.4, 0.5) is 4.39 Å². The fraction of sp³-hybridized carbons (Fsp3) is 0.684. The molecule has 0 saturated carbocycles. The number of rotatable bonds is 1. The first-order chi connectivity index (χ1) is 11.0. The van der Waals surface area contributed by atoms with Crippen molar-refractivity contribution in [1.29, 1.82) is 0 Å². The third-order valence-corrected chi connectivity index (χ3v) is 6.10. The van der Waals surface area contributed by atoms with Crippen molar-refractivity contribution in [1.82, 2.24) is 4.90 Å². The predicted octanol–water partition coefficient (Wildman–Crippen LogP) is 3.50. The van der Waals surface area contributed by atoms with E-state index in [9.17, 15) is 4.39 Å². The molecule has 0 radical (unpaired) electrons. The standard InChI is InChI=1S/C19H26FNO2/c1-18(2)12-13-7-8-14(20)17-16(13)19(18,23-11-10-22-17)15-6-4-5-9-21(15)3/h7-8,15H,4-6,9-12H2,1-3H3. The minimum Gasteiger partial charge on any atom is -0.488 e. The van der Waals surface area contributed by atoms with E-state index in [1.807, 2.05) is 6.07 Å². The first kappa shape index (κ1) is 15.4. The number of nitrogens with zero attached hydrogens (tertiary/aromatic N) is 1. The van der Waals surface area contributed by atoms with Crippen molar-refractivity contribution in [3.05, 3.63) is 29.1 Å². The average Bonchev–Trinajstić information content (AvgIpc) is 2.65. The quantitative estimate of drug-likeness (QED) is 0.791. The van der Waals surface area contributed by atoms with E-state index in [1.54, 1.807) is 6.07 Å². The highest BCUT2D eigenvalue weighted by Gasteiger charge is 2.61. The average molecular weight is 319 g/mol. The van der Waals surface area contributed by atoms with Gasteiger partial charge in [0.25, 0.3) is 0 Å². The molecule has 0 aromatic heterocycles. The van der Waals surface area contributed by atoms with Gasteiger partial charge in [0.05, 0.1) is 6.61 Å². The molecule has 2 aliphatic heterocycles. The molecular formula is C19H26FNO2. The van der Waals surface area contributed by atoms with E-state index in [-0.39, 0.29) is 17.3 Å². The Bertz CT molecular complexity index is 630. The van der Waals surface area contributed by atoms with Crippen molar-refractivity contribution in [3.8, 4) is 5.75 Å². The van der Waals surface area contributed by atoms with Gasteiger partial charge >= 0.3 is 0 Å². The smallest absolute Gasteiger partial charge is 0.165 e. The minimum absolute atomic E-state index is 0.0815. The molecule has 2 heterocycles.